The number of aryl methyl sites for hydroxylation is 2. The number of fused-ring (bicyclic) bond motifs is 1. The summed E-state index contributed by atoms with van der Waals surface area (Å²) in [7, 11) is 0. The van der Waals surface area contributed by atoms with E-state index in [1.54, 1.807) is 0 Å². The lowest BCUT2D eigenvalue weighted by Gasteiger charge is -2.03. The number of pyridine rings is 1. The first-order valence-electron chi connectivity index (χ1n) is 6.91. The van der Waals surface area contributed by atoms with Gasteiger partial charge in [0, 0.05) is 11.8 Å². The van der Waals surface area contributed by atoms with Crippen LogP contribution >= 0.6 is 0 Å². The zero-order valence-corrected chi connectivity index (χ0v) is 11.8. The monoisotopic (exact) mass is 266 g/mol. The van der Waals surface area contributed by atoms with Crippen molar-refractivity contribution in [3.63, 3.8) is 0 Å². The van der Waals surface area contributed by atoms with Crippen LogP contribution < -0.4 is 0 Å². The maximum atomic E-state index is 9.70. The van der Waals surface area contributed by atoms with E-state index in [9.17, 15) is 5.11 Å². The summed E-state index contributed by atoms with van der Waals surface area (Å²) in [6, 6.07) is 12.4. The number of rotatable bonds is 3. The standard InChI is InChI=1S/C17H18N2O/c1-3-13-6-8-14(9-7-13)16-15(11-20)19-10-4-5-12(2)17(19)18-16/h4-10,20H,3,11H2,1-2H3. The van der Waals surface area contributed by atoms with E-state index in [1.165, 1.54) is 5.56 Å². The van der Waals surface area contributed by atoms with Gasteiger partial charge in [-0.2, -0.15) is 0 Å². The van der Waals surface area contributed by atoms with Gasteiger partial charge in [-0.3, -0.25) is 0 Å². The van der Waals surface area contributed by atoms with Crippen LogP contribution in [0.4, 0.5) is 0 Å². The molecule has 0 aliphatic carbocycles. The molecule has 0 radical (unpaired) electrons. The van der Waals surface area contributed by atoms with Crippen molar-refractivity contribution in [2.45, 2.75) is 26.9 Å². The summed E-state index contributed by atoms with van der Waals surface area (Å²) in [5.74, 6) is 0. The molecule has 1 aromatic carbocycles. The second-order valence-electron chi connectivity index (χ2n) is 5.00. The minimum absolute atomic E-state index is 0.0184. The highest BCUT2D eigenvalue weighted by Crippen LogP contribution is 2.26. The molecule has 0 amide bonds. The lowest BCUT2D eigenvalue weighted by Crippen LogP contribution is -1.94. The van der Waals surface area contributed by atoms with Gasteiger partial charge in [-0.1, -0.05) is 37.3 Å². The number of hydrogen-bond donors (Lipinski definition) is 1. The third-order valence-electron chi connectivity index (χ3n) is 3.73. The van der Waals surface area contributed by atoms with Gasteiger partial charge < -0.3 is 9.51 Å². The summed E-state index contributed by atoms with van der Waals surface area (Å²) in [4.78, 5) is 4.71. The molecule has 0 aliphatic heterocycles. The first kappa shape index (κ1) is 12.9. The molecule has 3 nitrogen and oxygen atoms in total. The molecule has 0 saturated heterocycles. The molecule has 102 valence electrons. The lowest BCUT2D eigenvalue weighted by atomic mass is 10.1. The summed E-state index contributed by atoms with van der Waals surface area (Å²) in [5, 5.41) is 9.70. The van der Waals surface area contributed by atoms with Gasteiger partial charge in [0.05, 0.1) is 18.0 Å². The van der Waals surface area contributed by atoms with Crippen LogP contribution in [0.2, 0.25) is 0 Å². The van der Waals surface area contributed by atoms with Gasteiger partial charge in [0.25, 0.3) is 0 Å². The molecule has 3 rings (SSSR count). The molecule has 3 heteroatoms. The number of benzene rings is 1. The fraction of sp³-hybridized carbons (Fsp3) is 0.235. The summed E-state index contributed by atoms with van der Waals surface area (Å²) in [5.41, 5.74) is 6.08. The molecule has 0 atom stereocenters. The zero-order chi connectivity index (χ0) is 14.1. The second kappa shape index (κ2) is 5.10. The summed E-state index contributed by atoms with van der Waals surface area (Å²) in [6.45, 7) is 4.16. The molecule has 2 aromatic heterocycles. The van der Waals surface area contributed by atoms with Gasteiger partial charge in [-0.25, -0.2) is 4.98 Å². The van der Waals surface area contributed by atoms with Gasteiger partial charge >= 0.3 is 0 Å². The third-order valence-corrected chi connectivity index (χ3v) is 3.73. The molecule has 0 fully saturated rings. The largest absolute Gasteiger partial charge is 0.390 e. The number of imidazole rings is 1. The predicted octanol–water partition coefficient (Wildman–Crippen LogP) is 3.36. The molecule has 0 saturated carbocycles. The van der Waals surface area contributed by atoms with Gasteiger partial charge in [-0.15, -0.1) is 0 Å². The van der Waals surface area contributed by atoms with Crippen molar-refractivity contribution >= 4 is 5.65 Å². The van der Waals surface area contributed by atoms with Crippen molar-refractivity contribution in [2.75, 3.05) is 0 Å². The molecule has 20 heavy (non-hydrogen) atoms. The predicted molar refractivity (Wildman–Crippen MR) is 80.7 cm³/mol. The van der Waals surface area contributed by atoms with Crippen molar-refractivity contribution in [2.24, 2.45) is 0 Å². The summed E-state index contributed by atoms with van der Waals surface area (Å²) in [6.07, 6.45) is 2.97. The Balaban J connectivity index is 2.21. The lowest BCUT2D eigenvalue weighted by molar-refractivity contribution is 0.276. The Morgan fingerprint density at radius 2 is 1.90 bits per heavy atom. The second-order valence-corrected chi connectivity index (χ2v) is 5.00. The number of aliphatic hydroxyl groups is 1. The Labute approximate surface area is 118 Å². The van der Waals surface area contributed by atoms with E-state index in [0.717, 1.165) is 34.6 Å². The highest BCUT2D eigenvalue weighted by molar-refractivity contribution is 5.68. The first-order valence-corrected chi connectivity index (χ1v) is 6.91. The highest BCUT2D eigenvalue weighted by atomic mass is 16.3. The molecule has 0 bridgehead atoms. The first-order chi connectivity index (χ1) is 9.74. The van der Waals surface area contributed by atoms with Crippen LogP contribution in [0.25, 0.3) is 16.9 Å². The normalized spacial score (nSPS) is 11.2. The topological polar surface area (TPSA) is 37.5 Å². The molecular formula is C17H18N2O. The van der Waals surface area contributed by atoms with Gasteiger partial charge in [0.2, 0.25) is 0 Å². The Morgan fingerprint density at radius 1 is 1.15 bits per heavy atom. The quantitative estimate of drug-likeness (QED) is 0.789. The third kappa shape index (κ3) is 2.00. The minimum Gasteiger partial charge on any atom is -0.390 e. The highest BCUT2D eigenvalue weighted by Gasteiger charge is 2.14. The number of hydrogen-bond acceptors (Lipinski definition) is 2. The smallest absolute Gasteiger partial charge is 0.140 e. The SMILES string of the molecule is CCc1ccc(-c2nc3c(C)cccn3c2CO)cc1. The van der Waals surface area contributed by atoms with Crippen LogP contribution in [0.5, 0.6) is 0 Å². The Hall–Kier alpha value is -2.13. The average Bonchev–Trinajstić information content (AvgIpc) is 2.87. The van der Waals surface area contributed by atoms with Gasteiger partial charge in [-0.05, 0) is 30.5 Å². The minimum atomic E-state index is -0.0184. The van der Waals surface area contributed by atoms with Crippen LogP contribution in [0.1, 0.15) is 23.7 Å². The van der Waals surface area contributed by atoms with Crippen LogP contribution in [0.3, 0.4) is 0 Å². The van der Waals surface area contributed by atoms with E-state index >= 15 is 0 Å². The molecule has 0 aliphatic rings. The zero-order valence-electron chi connectivity index (χ0n) is 11.8. The number of nitrogens with zero attached hydrogens (tertiary/aromatic N) is 2. The number of aliphatic hydroxyl groups excluding tert-OH is 1. The maximum Gasteiger partial charge on any atom is 0.140 e. The van der Waals surface area contributed by atoms with E-state index in [-0.39, 0.29) is 6.61 Å². The fourth-order valence-electron chi connectivity index (χ4n) is 2.53. The fourth-order valence-corrected chi connectivity index (χ4v) is 2.53. The van der Waals surface area contributed by atoms with E-state index in [1.807, 2.05) is 29.7 Å². The summed E-state index contributed by atoms with van der Waals surface area (Å²) < 4.78 is 1.97. The van der Waals surface area contributed by atoms with Crippen molar-refractivity contribution in [1.29, 1.82) is 0 Å². The van der Waals surface area contributed by atoms with Crippen LogP contribution in [0.15, 0.2) is 42.6 Å². The molecule has 3 aromatic rings. The molecule has 0 spiro atoms. The maximum absolute atomic E-state index is 9.70. The van der Waals surface area contributed by atoms with Crippen LogP contribution in [-0.2, 0) is 13.0 Å². The van der Waals surface area contributed by atoms with E-state index in [0.29, 0.717) is 0 Å². The van der Waals surface area contributed by atoms with Crippen molar-refractivity contribution in [3.05, 3.63) is 59.4 Å². The molecule has 0 unspecified atom stereocenters. The van der Waals surface area contributed by atoms with E-state index in [2.05, 4.69) is 31.2 Å². The number of aromatic nitrogens is 2. The molecule has 2 heterocycles. The van der Waals surface area contributed by atoms with E-state index in [4.69, 9.17) is 4.98 Å². The van der Waals surface area contributed by atoms with Crippen molar-refractivity contribution in [3.8, 4) is 11.3 Å². The van der Waals surface area contributed by atoms with Crippen LogP contribution in [-0.4, -0.2) is 14.5 Å². The Kier molecular flexibility index (Phi) is 3.28. The molecular weight excluding hydrogens is 248 g/mol. The van der Waals surface area contributed by atoms with E-state index < -0.39 is 0 Å². The van der Waals surface area contributed by atoms with Crippen molar-refractivity contribution in [1.82, 2.24) is 9.38 Å². The van der Waals surface area contributed by atoms with Gasteiger partial charge in [0.1, 0.15) is 5.65 Å². The van der Waals surface area contributed by atoms with Gasteiger partial charge in [0.15, 0.2) is 0 Å². The Bertz CT molecular complexity index is 742. The van der Waals surface area contributed by atoms with Crippen molar-refractivity contribution < 1.29 is 5.11 Å². The van der Waals surface area contributed by atoms with Crippen LogP contribution in [0, 0.1) is 6.92 Å². The Morgan fingerprint density at radius 3 is 2.55 bits per heavy atom. The average molecular weight is 266 g/mol. The molecule has 1 N–H and O–H groups in total. The summed E-state index contributed by atoms with van der Waals surface area (Å²) >= 11 is 0.